The fraction of sp³-hybridized carbons (Fsp3) is 0.385. The number of ether oxygens (including phenoxy) is 1. The van der Waals surface area contributed by atoms with Crippen LogP contribution >= 0.6 is 0 Å². The van der Waals surface area contributed by atoms with Crippen molar-refractivity contribution in [3.05, 3.63) is 36.5 Å². The van der Waals surface area contributed by atoms with Gasteiger partial charge < -0.3 is 10.5 Å². The maximum Gasteiger partial charge on any atom is 0.388 e. The van der Waals surface area contributed by atoms with Gasteiger partial charge in [0.1, 0.15) is 14.5 Å². The standard InChI is InChI=1S/C13H17F3NOSi/c1-3-19(9-8-13(14,15)16)10(2)18-12-6-4-11(17)5-7-12/h3-7,10H,1,8-9,17H2,2H3. The molecule has 0 saturated carbocycles. The second kappa shape index (κ2) is 6.65. The molecule has 2 N–H and O–H groups in total. The number of benzene rings is 1. The molecule has 0 fully saturated rings. The molecule has 0 bridgehead atoms. The highest BCUT2D eigenvalue weighted by molar-refractivity contribution is 6.65. The summed E-state index contributed by atoms with van der Waals surface area (Å²) in [7, 11) is -1.41. The van der Waals surface area contributed by atoms with E-state index in [0.29, 0.717) is 11.4 Å². The lowest BCUT2D eigenvalue weighted by Gasteiger charge is -2.21. The number of nitrogens with two attached hydrogens (primary N) is 1. The van der Waals surface area contributed by atoms with Gasteiger partial charge in [-0.3, -0.25) is 0 Å². The van der Waals surface area contributed by atoms with Gasteiger partial charge in [-0.05, 0) is 37.2 Å². The Balaban J connectivity index is 2.56. The second-order valence-corrected chi connectivity index (χ2v) is 7.09. The van der Waals surface area contributed by atoms with Crippen molar-refractivity contribution >= 4 is 14.5 Å². The summed E-state index contributed by atoms with van der Waals surface area (Å²) in [5.41, 5.74) is 7.51. The molecule has 1 atom stereocenters. The average Bonchev–Trinajstić information content (AvgIpc) is 2.31. The van der Waals surface area contributed by atoms with E-state index in [0.717, 1.165) is 0 Å². The zero-order chi connectivity index (χ0) is 14.5. The number of alkyl halides is 3. The van der Waals surface area contributed by atoms with Crippen molar-refractivity contribution in [3.63, 3.8) is 0 Å². The predicted molar refractivity (Wildman–Crippen MR) is 72.4 cm³/mol. The zero-order valence-corrected chi connectivity index (χ0v) is 11.7. The maximum absolute atomic E-state index is 12.2. The minimum atomic E-state index is -4.13. The van der Waals surface area contributed by atoms with E-state index >= 15 is 0 Å². The van der Waals surface area contributed by atoms with Crippen LogP contribution in [0.4, 0.5) is 18.9 Å². The molecule has 6 heteroatoms. The molecule has 0 amide bonds. The fourth-order valence-electron chi connectivity index (χ4n) is 1.58. The van der Waals surface area contributed by atoms with Gasteiger partial charge in [-0.25, -0.2) is 0 Å². The van der Waals surface area contributed by atoms with E-state index in [1.54, 1.807) is 36.9 Å². The molecule has 0 aliphatic carbocycles. The third-order valence-corrected chi connectivity index (χ3v) is 5.19. The minimum absolute atomic E-state index is 0.0772. The third kappa shape index (κ3) is 5.82. The molecule has 0 aliphatic rings. The van der Waals surface area contributed by atoms with Crippen LogP contribution in [0.2, 0.25) is 6.04 Å². The SMILES string of the molecule is C=C[Si](CCC(F)(F)F)C(C)Oc1ccc(N)cc1. The molecule has 0 saturated heterocycles. The Morgan fingerprint density at radius 2 is 1.95 bits per heavy atom. The molecule has 2 nitrogen and oxygen atoms in total. The molecular formula is C13H17F3NOSi. The minimum Gasteiger partial charge on any atom is -0.494 e. The Morgan fingerprint density at radius 1 is 1.37 bits per heavy atom. The number of nitrogen functional groups attached to an aromatic ring is 1. The van der Waals surface area contributed by atoms with Crippen LogP contribution < -0.4 is 10.5 Å². The zero-order valence-electron chi connectivity index (χ0n) is 10.7. The Morgan fingerprint density at radius 3 is 2.42 bits per heavy atom. The maximum atomic E-state index is 12.2. The van der Waals surface area contributed by atoms with Gasteiger partial charge in [0.25, 0.3) is 0 Å². The summed E-state index contributed by atoms with van der Waals surface area (Å²) in [6, 6.07) is 6.88. The van der Waals surface area contributed by atoms with Crippen LogP contribution in [0, 0.1) is 0 Å². The van der Waals surface area contributed by atoms with Crippen molar-refractivity contribution in [2.24, 2.45) is 0 Å². The van der Waals surface area contributed by atoms with Crippen molar-refractivity contribution in [3.8, 4) is 5.75 Å². The number of hydrogen-bond acceptors (Lipinski definition) is 2. The van der Waals surface area contributed by atoms with E-state index in [-0.39, 0.29) is 11.8 Å². The summed E-state index contributed by atoms with van der Waals surface area (Å²) in [4.78, 5) is 0. The molecule has 1 radical (unpaired) electrons. The normalized spacial score (nSPS) is 13.3. The number of rotatable bonds is 6. The molecule has 1 aromatic rings. The Bertz CT molecular complexity index is 405. The van der Waals surface area contributed by atoms with Crippen LogP contribution in [-0.4, -0.2) is 20.7 Å². The van der Waals surface area contributed by atoms with Gasteiger partial charge in [-0.15, -0.1) is 6.58 Å². The van der Waals surface area contributed by atoms with Gasteiger partial charge in [-0.2, -0.15) is 13.2 Å². The summed E-state index contributed by atoms with van der Waals surface area (Å²) in [5.74, 6) is 0.609. The molecule has 0 heterocycles. The van der Waals surface area contributed by atoms with E-state index < -0.39 is 21.4 Å². The third-order valence-electron chi connectivity index (χ3n) is 2.67. The molecule has 1 aromatic carbocycles. The highest BCUT2D eigenvalue weighted by Gasteiger charge is 2.30. The topological polar surface area (TPSA) is 35.2 Å². The largest absolute Gasteiger partial charge is 0.494 e. The Labute approximate surface area is 112 Å². The van der Waals surface area contributed by atoms with Crippen LogP contribution in [0.1, 0.15) is 13.3 Å². The molecular weight excluding hydrogens is 271 g/mol. The quantitative estimate of drug-likeness (QED) is 0.639. The van der Waals surface area contributed by atoms with Crippen LogP contribution in [0.25, 0.3) is 0 Å². The smallest absolute Gasteiger partial charge is 0.388 e. The van der Waals surface area contributed by atoms with Gasteiger partial charge in [0.05, 0.1) is 5.73 Å². The van der Waals surface area contributed by atoms with Crippen molar-refractivity contribution in [2.45, 2.75) is 31.3 Å². The lowest BCUT2D eigenvalue weighted by atomic mass is 10.3. The molecule has 1 unspecified atom stereocenters. The fourth-order valence-corrected chi connectivity index (χ4v) is 3.39. The van der Waals surface area contributed by atoms with Gasteiger partial charge in [0, 0.05) is 12.1 Å². The van der Waals surface area contributed by atoms with Crippen molar-refractivity contribution in [1.29, 1.82) is 0 Å². The van der Waals surface area contributed by atoms with Crippen LogP contribution in [-0.2, 0) is 0 Å². The summed E-state index contributed by atoms with van der Waals surface area (Å²) in [6.45, 7) is 5.40. The molecule has 0 spiro atoms. The van der Waals surface area contributed by atoms with Crippen molar-refractivity contribution < 1.29 is 17.9 Å². The summed E-state index contributed by atoms with van der Waals surface area (Å²) in [6.07, 6.45) is -4.91. The first-order chi connectivity index (χ1) is 8.81. The van der Waals surface area contributed by atoms with Crippen LogP contribution in [0.15, 0.2) is 36.5 Å². The van der Waals surface area contributed by atoms with E-state index in [1.807, 2.05) is 0 Å². The van der Waals surface area contributed by atoms with E-state index in [2.05, 4.69) is 6.58 Å². The summed E-state index contributed by atoms with van der Waals surface area (Å²) < 4.78 is 42.3. The second-order valence-electron chi connectivity index (χ2n) is 4.22. The molecule has 0 aliphatic heterocycles. The average molecular weight is 288 g/mol. The first-order valence-corrected chi connectivity index (χ1v) is 7.75. The van der Waals surface area contributed by atoms with Gasteiger partial charge in [0.2, 0.25) is 0 Å². The summed E-state index contributed by atoms with van der Waals surface area (Å²) >= 11 is 0. The molecule has 105 valence electrons. The van der Waals surface area contributed by atoms with E-state index in [9.17, 15) is 13.2 Å². The highest BCUT2D eigenvalue weighted by atomic mass is 28.3. The number of halogens is 3. The monoisotopic (exact) mass is 288 g/mol. The van der Waals surface area contributed by atoms with E-state index in [4.69, 9.17) is 10.5 Å². The van der Waals surface area contributed by atoms with Crippen LogP contribution in [0.5, 0.6) is 5.75 Å². The Kier molecular flexibility index (Phi) is 5.47. The van der Waals surface area contributed by atoms with Gasteiger partial charge in [-0.1, -0.05) is 5.70 Å². The predicted octanol–water partition coefficient (Wildman–Crippen LogP) is 3.75. The number of hydrogen-bond donors (Lipinski definition) is 1. The molecule has 0 aromatic heterocycles. The summed E-state index contributed by atoms with van der Waals surface area (Å²) in [5, 5.41) is 0. The van der Waals surface area contributed by atoms with Crippen LogP contribution in [0.3, 0.4) is 0 Å². The first-order valence-electron chi connectivity index (χ1n) is 5.89. The molecule has 19 heavy (non-hydrogen) atoms. The first kappa shape index (κ1) is 15.6. The van der Waals surface area contributed by atoms with Crippen molar-refractivity contribution in [2.75, 3.05) is 5.73 Å². The van der Waals surface area contributed by atoms with Gasteiger partial charge in [0.15, 0.2) is 0 Å². The van der Waals surface area contributed by atoms with Gasteiger partial charge >= 0.3 is 6.18 Å². The molecule has 1 rings (SSSR count). The Hall–Kier alpha value is -1.43. The lowest BCUT2D eigenvalue weighted by Crippen LogP contribution is -2.32. The highest BCUT2D eigenvalue weighted by Crippen LogP contribution is 2.24. The van der Waals surface area contributed by atoms with Crippen molar-refractivity contribution in [1.82, 2.24) is 0 Å². The lowest BCUT2D eigenvalue weighted by molar-refractivity contribution is -0.130. The van der Waals surface area contributed by atoms with E-state index in [1.165, 1.54) is 0 Å². The number of anilines is 1.